The molecule has 21 heavy (non-hydrogen) atoms. The smallest absolute Gasteiger partial charge is 0.238 e. The number of rotatable bonds is 3. The van der Waals surface area contributed by atoms with Crippen molar-refractivity contribution in [1.29, 1.82) is 0 Å². The van der Waals surface area contributed by atoms with Crippen LogP contribution in [0.2, 0.25) is 0 Å². The highest BCUT2D eigenvalue weighted by atomic mass is 32.1. The van der Waals surface area contributed by atoms with Crippen molar-refractivity contribution >= 4 is 11.3 Å². The summed E-state index contributed by atoms with van der Waals surface area (Å²) in [6.07, 6.45) is 0. The normalized spacial score (nSPS) is 10.4. The van der Waals surface area contributed by atoms with Gasteiger partial charge in [-0.2, -0.15) is 0 Å². The minimum Gasteiger partial charge on any atom is -0.497 e. The van der Waals surface area contributed by atoms with E-state index in [2.05, 4.69) is 55.5 Å². The molecule has 0 bridgehead atoms. The second kappa shape index (κ2) is 6.06. The minimum absolute atomic E-state index is 0.887. The third kappa shape index (κ3) is 3.11. The molecule has 0 aliphatic rings. The Morgan fingerprint density at radius 2 is 1.48 bits per heavy atom. The maximum atomic E-state index is 5.22. The van der Waals surface area contributed by atoms with Crippen LogP contribution in [0, 0.1) is 6.92 Å². The summed E-state index contributed by atoms with van der Waals surface area (Å²) in [7, 11) is 1.69. The van der Waals surface area contributed by atoms with E-state index in [0.29, 0.717) is 0 Å². The summed E-state index contributed by atoms with van der Waals surface area (Å²) in [6.45, 7) is 2.16. The molecule has 0 saturated heterocycles. The zero-order valence-corrected chi connectivity index (χ0v) is 13.0. The van der Waals surface area contributed by atoms with Gasteiger partial charge in [0.25, 0.3) is 0 Å². The van der Waals surface area contributed by atoms with Crippen molar-refractivity contribution in [3.8, 4) is 27.3 Å². The zero-order valence-electron chi connectivity index (χ0n) is 12.2. The van der Waals surface area contributed by atoms with Crippen LogP contribution in [-0.4, -0.2) is 7.11 Å². The summed E-state index contributed by atoms with van der Waals surface area (Å²) >= 11 is 1.82. The Hall–Kier alpha value is -2.19. The Kier molecular flexibility index (Phi) is 3.98. The van der Waals surface area contributed by atoms with E-state index >= 15 is 0 Å². The lowest BCUT2D eigenvalue weighted by molar-refractivity contribution is 0.415. The van der Waals surface area contributed by atoms with E-state index in [9.17, 15) is 0 Å². The van der Waals surface area contributed by atoms with Gasteiger partial charge in [0.15, 0.2) is 0 Å². The lowest BCUT2D eigenvalue weighted by atomic mass is 10.0. The van der Waals surface area contributed by atoms with E-state index in [0.717, 1.165) is 5.75 Å². The van der Waals surface area contributed by atoms with Crippen LogP contribution in [0.1, 0.15) is 4.88 Å². The van der Waals surface area contributed by atoms with Crippen LogP contribution in [0.3, 0.4) is 0 Å². The maximum absolute atomic E-state index is 5.22. The molecule has 0 aliphatic carbocycles. The van der Waals surface area contributed by atoms with Gasteiger partial charge in [0.05, 0.1) is 7.11 Å². The summed E-state index contributed by atoms with van der Waals surface area (Å²) < 4.78 is 5.22. The highest BCUT2D eigenvalue weighted by molar-refractivity contribution is 7.15. The van der Waals surface area contributed by atoms with Gasteiger partial charge in [-0.25, -0.2) is 0 Å². The summed E-state index contributed by atoms with van der Waals surface area (Å²) in [5.41, 5.74) is 3.72. The molecule has 0 aliphatic heterocycles. The van der Waals surface area contributed by atoms with Gasteiger partial charge in [-0.3, -0.25) is 0 Å². The Morgan fingerprint density at radius 1 is 0.762 bits per heavy atom. The van der Waals surface area contributed by atoms with Crippen molar-refractivity contribution in [2.24, 2.45) is 0 Å². The maximum Gasteiger partial charge on any atom is 0.238 e. The van der Waals surface area contributed by atoms with Crippen LogP contribution < -0.4 is 4.74 Å². The molecule has 104 valence electrons. The van der Waals surface area contributed by atoms with Gasteiger partial charge in [0.2, 0.25) is 21.1 Å². The van der Waals surface area contributed by atoms with Gasteiger partial charge in [0, 0.05) is 24.6 Å². The molecule has 2 aromatic carbocycles. The highest BCUT2D eigenvalue weighted by Crippen LogP contribution is 2.32. The van der Waals surface area contributed by atoms with E-state index in [1.807, 2.05) is 29.5 Å². The van der Waals surface area contributed by atoms with Crippen LogP contribution in [0.25, 0.3) is 21.6 Å². The van der Waals surface area contributed by atoms with Crippen molar-refractivity contribution in [2.75, 3.05) is 7.11 Å². The zero-order chi connectivity index (χ0) is 14.7. The largest absolute Gasteiger partial charge is 0.497 e. The molecule has 1 aromatic heterocycles. The fourth-order valence-corrected chi connectivity index (χ4v) is 3.30. The third-order valence-electron chi connectivity index (χ3n) is 3.40. The molecule has 3 rings (SSSR count). The first-order valence-corrected chi connectivity index (χ1v) is 7.72. The Morgan fingerprint density at radius 3 is 2.14 bits per heavy atom. The molecule has 2 heteroatoms. The number of hydrogen-bond donors (Lipinski definition) is 0. The lowest BCUT2D eigenvalue weighted by Gasteiger charge is -2.03. The second-order valence-corrected chi connectivity index (χ2v) is 6.20. The summed E-state index contributed by atoms with van der Waals surface area (Å²) in [4.78, 5) is 2.60. The number of hydrogen-bond acceptors (Lipinski definition) is 1. The van der Waals surface area contributed by atoms with E-state index < -0.39 is 0 Å². The second-order valence-electron chi connectivity index (χ2n) is 4.92. The predicted molar refractivity (Wildman–Crippen MR) is 90.9 cm³/mol. The molecule has 0 fully saturated rings. The number of methoxy groups -OCH3 is 1. The van der Waals surface area contributed by atoms with Crippen molar-refractivity contribution in [3.63, 3.8) is 0 Å². The summed E-state index contributed by atoms with van der Waals surface area (Å²) in [6, 6.07) is 23.2. The molecular weight excluding hydrogens is 276 g/mol. The standard InChI is InChI=1S/C19H17OS/c1-14-12-17(15-8-10-18(20-2)11-9-15)13-19(21-14)16-6-4-3-5-7-16/h3-13H,1-2H3/q+1. The Labute approximate surface area is 129 Å². The molecule has 0 radical (unpaired) electrons. The molecule has 0 unspecified atom stereocenters. The molecule has 3 aromatic rings. The van der Waals surface area contributed by atoms with Gasteiger partial charge in [-0.05, 0) is 35.4 Å². The average Bonchev–Trinajstić information content (AvgIpc) is 2.55. The van der Waals surface area contributed by atoms with Crippen molar-refractivity contribution in [3.05, 3.63) is 71.6 Å². The van der Waals surface area contributed by atoms with E-state index in [1.165, 1.54) is 26.4 Å². The van der Waals surface area contributed by atoms with E-state index in [-0.39, 0.29) is 0 Å². The van der Waals surface area contributed by atoms with Gasteiger partial charge in [-0.15, -0.1) is 0 Å². The van der Waals surface area contributed by atoms with E-state index in [1.54, 1.807) is 7.11 Å². The molecular formula is C19H17OS+. The highest BCUT2D eigenvalue weighted by Gasteiger charge is 2.14. The van der Waals surface area contributed by atoms with Crippen molar-refractivity contribution < 1.29 is 4.74 Å². The monoisotopic (exact) mass is 293 g/mol. The molecule has 1 heterocycles. The molecule has 0 amide bonds. The van der Waals surface area contributed by atoms with Crippen LogP contribution in [0.4, 0.5) is 0 Å². The topological polar surface area (TPSA) is 9.23 Å². The molecule has 0 spiro atoms. The summed E-state index contributed by atoms with van der Waals surface area (Å²) in [5.74, 6) is 0.887. The van der Waals surface area contributed by atoms with Crippen LogP contribution in [-0.2, 0) is 0 Å². The first-order valence-electron chi connectivity index (χ1n) is 6.91. The molecule has 0 N–H and O–H groups in total. The van der Waals surface area contributed by atoms with Gasteiger partial charge < -0.3 is 4.74 Å². The molecule has 0 atom stereocenters. The Balaban J connectivity index is 2.05. The minimum atomic E-state index is 0.887. The molecule has 1 nitrogen and oxygen atoms in total. The van der Waals surface area contributed by atoms with Gasteiger partial charge >= 0.3 is 0 Å². The first-order chi connectivity index (χ1) is 10.3. The number of benzene rings is 2. The SMILES string of the molecule is COc1ccc(-c2cc(C)[s+]c(-c3ccccc3)c2)cc1. The Bertz CT molecular complexity index is 733. The third-order valence-corrected chi connectivity index (χ3v) is 4.41. The number of aryl methyl sites for hydroxylation is 1. The van der Waals surface area contributed by atoms with Crippen molar-refractivity contribution in [2.45, 2.75) is 6.92 Å². The first kappa shape index (κ1) is 13.8. The fraction of sp³-hybridized carbons (Fsp3) is 0.105. The average molecular weight is 293 g/mol. The van der Waals surface area contributed by atoms with Crippen molar-refractivity contribution in [1.82, 2.24) is 0 Å². The van der Waals surface area contributed by atoms with Crippen LogP contribution >= 0.6 is 11.3 Å². The van der Waals surface area contributed by atoms with Gasteiger partial charge in [-0.1, -0.05) is 30.3 Å². The fourth-order valence-electron chi connectivity index (χ4n) is 2.33. The molecule has 0 saturated carbocycles. The number of ether oxygens (including phenoxy) is 1. The predicted octanol–water partition coefficient (Wildman–Crippen LogP) is 5.68. The van der Waals surface area contributed by atoms with Crippen LogP contribution in [0.5, 0.6) is 5.75 Å². The lowest BCUT2D eigenvalue weighted by Crippen LogP contribution is -1.84. The van der Waals surface area contributed by atoms with Gasteiger partial charge in [0.1, 0.15) is 5.75 Å². The van der Waals surface area contributed by atoms with E-state index in [4.69, 9.17) is 4.74 Å². The summed E-state index contributed by atoms with van der Waals surface area (Å²) in [5, 5.41) is 0. The quantitative estimate of drug-likeness (QED) is 0.564. The van der Waals surface area contributed by atoms with Crippen LogP contribution in [0.15, 0.2) is 66.7 Å².